The highest BCUT2D eigenvalue weighted by atomic mass is 16.5. The van der Waals surface area contributed by atoms with Gasteiger partial charge in [0.1, 0.15) is 0 Å². The summed E-state index contributed by atoms with van der Waals surface area (Å²) < 4.78 is 0. The minimum atomic E-state index is -1.82. The van der Waals surface area contributed by atoms with E-state index in [4.69, 9.17) is 79.2 Å². The Morgan fingerprint density at radius 2 is 0.292 bits per heavy atom. The van der Waals surface area contributed by atoms with Crippen LogP contribution in [0.4, 0.5) is 0 Å². The number of rotatable bonds is 0. The largest absolute Gasteiger partial charge is 0.473 e. The van der Waals surface area contributed by atoms with Gasteiger partial charge in [-0.15, -0.1) is 0 Å². The van der Waals surface area contributed by atoms with Crippen LogP contribution < -0.4 is 0 Å². The predicted molar refractivity (Wildman–Crippen MR) is 61.1 cm³/mol. The molecular weight excluding hydrogens is 352 g/mol. The van der Waals surface area contributed by atoms with Crippen molar-refractivity contribution in [2.45, 2.75) is 0 Å². The summed E-state index contributed by atoms with van der Waals surface area (Å²) in [5.41, 5.74) is 0. The van der Waals surface area contributed by atoms with Crippen LogP contribution in [0.1, 0.15) is 0 Å². The van der Waals surface area contributed by atoms with Crippen LogP contribution in [0.2, 0.25) is 0 Å². The molecule has 0 atom stereocenters. The molecule has 16 nitrogen and oxygen atoms in total. The van der Waals surface area contributed by atoms with E-state index in [-0.39, 0.29) is 0 Å². The van der Waals surface area contributed by atoms with Gasteiger partial charge >= 0.3 is 47.8 Å². The van der Waals surface area contributed by atoms with Crippen LogP contribution in [0.3, 0.4) is 0 Å². The third-order valence-electron chi connectivity index (χ3n) is 0.732. The van der Waals surface area contributed by atoms with Crippen LogP contribution in [0.15, 0.2) is 0 Å². The van der Waals surface area contributed by atoms with E-state index >= 15 is 0 Å². The number of carboxylic acids is 8. The van der Waals surface area contributed by atoms with Crippen molar-refractivity contribution in [3.05, 3.63) is 0 Å². The average molecular weight is 360 g/mol. The topological polar surface area (TPSA) is 298 Å². The molecule has 0 bridgehead atoms. The molecule has 24 heavy (non-hydrogen) atoms. The standard InChI is InChI=1S/4C2H2O4/c4*3-1(4)2(5)6/h4*(H,3,4)(H,5,6). The van der Waals surface area contributed by atoms with Gasteiger partial charge in [0.05, 0.1) is 0 Å². The molecule has 0 saturated carbocycles. The Hall–Kier alpha value is -4.24. The van der Waals surface area contributed by atoms with E-state index < -0.39 is 47.8 Å². The predicted octanol–water partition coefficient (Wildman–Crippen LogP) is -3.38. The number of carbonyl (C=O) groups is 8. The summed E-state index contributed by atoms with van der Waals surface area (Å²) in [5, 5.41) is 59.1. The Kier molecular flexibility index (Phi) is 17.7. The van der Waals surface area contributed by atoms with Crippen LogP contribution in [0.25, 0.3) is 0 Å². The van der Waals surface area contributed by atoms with Gasteiger partial charge in [-0.25, -0.2) is 38.4 Å². The molecule has 0 spiro atoms. The Balaban J connectivity index is -0.000000111. The molecule has 0 heterocycles. The molecule has 0 aromatic rings. The number of carboxylic acid groups (broad SMARTS) is 8. The van der Waals surface area contributed by atoms with Crippen molar-refractivity contribution < 1.29 is 79.2 Å². The smallest absolute Gasteiger partial charge is 0.414 e. The molecular formula is C8H8O16. The molecule has 8 N–H and O–H groups in total. The minimum Gasteiger partial charge on any atom is -0.473 e. The summed E-state index contributed by atoms with van der Waals surface area (Å²) in [4.78, 5) is 72.8. The van der Waals surface area contributed by atoms with Crippen LogP contribution >= 0.6 is 0 Å². The quantitative estimate of drug-likeness (QED) is 0.195. The maximum absolute atomic E-state index is 9.10. The highest BCUT2D eigenvalue weighted by Crippen LogP contribution is 1.57. The molecule has 0 unspecified atom stereocenters. The van der Waals surface area contributed by atoms with Crippen molar-refractivity contribution >= 4 is 47.8 Å². The molecule has 0 aliphatic heterocycles. The zero-order valence-electron chi connectivity index (χ0n) is 10.8. The van der Waals surface area contributed by atoms with E-state index in [1.165, 1.54) is 0 Å². The van der Waals surface area contributed by atoms with Crippen molar-refractivity contribution in [3.63, 3.8) is 0 Å². The van der Waals surface area contributed by atoms with Crippen LogP contribution in [0.5, 0.6) is 0 Å². The Morgan fingerprint density at radius 1 is 0.250 bits per heavy atom. The van der Waals surface area contributed by atoms with E-state index in [0.717, 1.165) is 0 Å². The third kappa shape index (κ3) is 36.1. The highest BCUT2D eigenvalue weighted by Gasteiger charge is 2.05. The number of hydrogen-bond acceptors (Lipinski definition) is 8. The lowest BCUT2D eigenvalue weighted by molar-refractivity contribution is -0.159. The first-order chi connectivity index (χ1) is 10.6. The maximum atomic E-state index is 9.10. The first kappa shape index (κ1) is 28.0. The van der Waals surface area contributed by atoms with Gasteiger partial charge in [-0.3, -0.25) is 0 Å². The molecule has 0 aromatic carbocycles. The van der Waals surface area contributed by atoms with Gasteiger partial charge in [0.25, 0.3) is 0 Å². The van der Waals surface area contributed by atoms with Gasteiger partial charge in [-0.2, -0.15) is 0 Å². The van der Waals surface area contributed by atoms with Gasteiger partial charge in [0.15, 0.2) is 0 Å². The first-order valence-corrected chi connectivity index (χ1v) is 4.42. The summed E-state index contributed by atoms with van der Waals surface area (Å²) in [5.74, 6) is -14.6. The Bertz CT molecular complexity index is 382. The molecule has 136 valence electrons. The summed E-state index contributed by atoms with van der Waals surface area (Å²) in [6, 6.07) is 0. The Labute approximate surface area is 128 Å². The summed E-state index contributed by atoms with van der Waals surface area (Å²) in [6.07, 6.45) is 0. The van der Waals surface area contributed by atoms with E-state index in [2.05, 4.69) is 0 Å². The van der Waals surface area contributed by atoms with E-state index in [9.17, 15) is 0 Å². The van der Waals surface area contributed by atoms with Crippen LogP contribution in [-0.2, 0) is 38.4 Å². The van der Waals surface area contributed by atoms with Crippen molar-refractivity contribution in [1.29, 1.82) is 0 Å². The highest BCUT2D eigenvalue weighted by molar-refractivity contribution is 6.28. The number of aliphatic carboxylic acids is 8. The zero-order valence-corrected chi connectivity index (χ0v) is 10.8. The second kappa shape index (κ2) is 15.2. The summed E-state index contributed by atoms with van der Waals surface area (Å²) in [6.45, 7) is 0. The average Bonchev–Trinajstić information content (AvgIpc) is 2.40. The number of hydrogen-bond donors (Lipinski definition) is 8. The second-order valence-electron chi connectivity index (χ2n) is 2.44. The van der Waals surface area contributed by atoms with Gasteiger partial charge in [0, 0.05) is 0 Å². The lowest BCUT2D eigenvalue weighted by Crippen LogP contribution is -2.09. The van der Waals surface area contributed by atoms with E-state index in [0.29, 0.717) is 0 Å². The third-order valence-corrected chi connectivity index (χ3v) is 0.732. The van der Waals surface area contributed by atoms with Gasteiger partial charge in [0.2, 0.25) is 0 Å². The van der Waals surface area contributed by atoms with Crippen molar-refractivity contribution in [2.24, 2.45) is 0 Å². The van der Waals surface area contributed by atoms with Crippen LogP contribution in [-0.4, -0.2) is 88.6 Å². The second-order valence-corrected chi connectivity index (χ2v) is 2.44. The van der Waals surface area contributed by atoms with E-state index in [1.807, 2.05) is 0 Å². The summed E-state index contributed by atoms with van der Waals surface area (Å²) in [7, 11) is 0. The molecule has 0 fully saturated rings. The SMILES string of the molecule is O=C(O)C(=O)O.O=C(O)C(=O)O.O=C(O)C(=O)O.O=C(O)C(=O)O. The zero-order chi connectivity index (χ0) is 20.6. The molecule has 0 radical (unpaired) electrons. The lowest BCUT2D eigenvalue weighted by Gasteiger charge is -1.72. The molecule has 0 aliphatic rings. The normalized spacial score (nSPS) is 7.33. The fourth-order valence-corrected chi connectivity index (χ4v) is 0. The summed E-state index contributed by atoms with van der Waals surface area (Å²) >= 11 is 0. The van der Waals surface area contributed by atoms with Crippen molar-refractivity contribution in [2.75, 3.05) is 0 Å². The monoisotopic (exact) mass is 360 g/mol. The fraction of sp³-hybridized carbons (Fsp3) is 0. The van der Waals surface area contributed by atoms with Crippen molar-refractivity contribution in [1.82, 2.24) is 0 Å². The van der Waals surface area contributed by atoms with Crippen LogP contribution in [0, 0.1) is 0 Å². The van der Waals surface area contributed by atoms with E-state index in [1.54, 1.807) is 0 Å². The molecule has 0 amide bonds. The first-order valence-electron chi connectivity index (χ1n) is 4.42. The Morgan fingerprint density at radius 3 is 0.292 bits per heavy atom. The molecule has 0 aliphatic carbocycles. The molecule has 16 heteroatoms. The van der Waals surface area contributed by atoms with Gasteiger partial charge in [-0.05, 0) is 0 Å². The molecule has 0 aromatic heterocycles. The maximum Gasteiger partial charge on any atom is 0.414 e. The molecule has 0 saturated heterocycles. The van der Waals surface area contributed by atoms with Gasteiger partial charge < -0.3 is 40.9 Å². The van der Waals surface area contributed by atoms with Gasteiger partial charge in [-0.1, -0.05) is 0 Å². The minimum absolute atomic E-state index is 1.82. The lowest BCUT2D eigenvalue weighted by atomic mass is 10.7. The fourth-order valence-electron chi connectivity index (χ4n) is 0. The van der Waals surface area contributed by atoms with Crippen molar-refractivity contribution in [3.8, 4) is 0 Å². The molecule has 0 rings (SSSR count).